The Balaban J connectivity index is 2.27. The molecule has 0 aromatic heterocycles. The molecule has 1 heterocycles. The van der Waals surface area contributed by atoms with Crippen LogP contribution in [0.25, 0.3) is 0 Å². The summed E-state index contributed by atoms with van der Waals surface area (Å²) >= 11 is 0. The molecule has 0 aliphatic carbocycles. The highest BCUT2D eigenvalue weighted by atomic mass is 16.7. The van der Waals surface area contributed by atoms with E-state index in [0.29, 0.717) is 12.1 Å². The van der Waals surface area contributed by atoms with Crippen LogP contribution in [0.4, 0.5) is 0 Å². The molecular weight excluding hydrogens is 385 g/mol. The Kier molecular flexibility index (Phi) is 7.06. The molecule has 30 heavy (non-hydrogen) atoms. The zero-order chi connectivity index (χ0) is 22.9. The molecule has 7 nitrogen and oxygen atoms in total. The van der Waals surface area contributed by atoms with Gasteiger partial charge in [-0.15, -0.1) is 0 Å². The average molecular weight is 419 g/mol. The minimum absolute atomic E-state index is 0.0605. The fourth-order valence-electron chi connectivity index (χ4n) is 3.11. The lowest BCUT2D eigenvalue weighted by atomic mass is 9.74. The van der Waals surface area contributed by atoms with Crippen molar-refractivity contribution in [1.29, 1.82) is 0 Å². The highest BCUT2D eigenvalue weighted by Crippen LogP contribution is 2.37. The molecule has 1 aliphatic rings. The minimum Gasteiger partial charge on any atom is -0.465 e. The molecule has 1 aromatic rings. The molecule has 0 amide bonds. The number of nitrogens with one attached hydrogen (secondary N) is 1. The Morgan fingerprint density at radius 2 is 1.67 bits per heavy atom. The van der Waals surface area contributed by atoms with E-state index in [-0.39, 0.29) is 12.5 Å². The fraction of sp³-hybridized carbons (Fsp3) is 0.636. The van der Waals surface area contributed by atoms with Crippen LogP contribution in [0, 0.1) is 6.92 Å². The standard InChI is InChI=1S/C22H34BNO6/c1-14-16(12-24-13-18(25)28-20(2,3)4)10-15(19(26)27-9)11-17(14)23-29-21(5,6)22(7,8)30-23/h10-11,24H,12-13H2,1-9H3. The van der Waals surface area contributed by atoms with Gasteiger partial charge in [0.2, 0.25) is 0 Å². The Morgan fingerprint density at radius 3 is 2.17 bits per heavy atom. The van der Waals surface area contributed by atoms with Crippen LogP contribution in [0.5, 0.6) is 0 Å². The number of hydrogen-bond donors (Lipinski definition) is 1. The topological polar surface area (TPSA) is 83.1 Å². The zero-order valence-corrected chi connectivity index (χ0v) is 19.6. The molecule has 1 N–H and O–H groups in total. The molecule has 166 valence electrons. The van der Waals surface area contributed by atoms with Gasteiger partial charge in [-0.05, 0) is 84.1 Å². The lowest BCUT2D eigenvalue weighted by molar-refractivity contribution is -0.153. The van der Waals surface area contributed by atoms with Crippen LogP contribution < -0.4 is 10.8 Å². The molecule has 0 atom stereocenters. The number of esters is 2. The third kappa shape index (κ3) is 5.62. The van der Waals surface area contributed by atoms with E-state index in [2.05, 4.69) is 5.32 Å². The van der Waals surface area contributed by atoms with Crippen LogP contribution in [0.2, 0.25) is 0 Å². The first-order valence-electron chi connectivity index (χ1n) is 10.2. The van der Waals surface area contributed by atoms with Crippen molar-refractivity contribution in [2.45, 2.75) is 78.7 Å². The largest absolute Gasteiger partial charge is 0.495 e. The van der Waals surface area contributed by atoms with Crippen LogP contribution in [0.1, 0.15) is 70.0 Å². The van der Waals surface area contributed by atoms with Gasteiger partial charge in [0.1, 0.15) is 5.60 Å². The smallest absolute Gasteiger partial charge is 0.465 e. The summed E-state index contributed by atoms with van der Waals surface area (Å²) in [4.78, 5) is 24.2. The van der Waals surface area contributed by atoms with E-state index in [1.165, 1.54) is 7.11 Å². The van der Waals surface area contributed by atoms with Crippen molar-refractivity contribution in [2.75, 3.05) is 13.7 Å². The van der Waals surface area contributed by atoms with Gasteiger partial charge in [-0.3, -0.25) is 4.79 Å². The lowest BCUT2D eigenvalue weighted by Gasteiger charge is -2.32. The van der Waals surface area contributed by atoms with Crippen LogP contribution >= 0.6 is 0 Å². The van der Waals surface area contributed by atoms with E-state index in [1.54, 1.807) is 12.1 Å². The number of carbonyl (C=O) groups is 2. The minimum atomic E-state index is -0.607. The third-order valence-corrected chi connectivity index (χ3v) is 5.49. The van der Waals surface area contributed by atoms with Gasteiger partial charge in [-0.2, -0.15) is 0 Å². The Labute approximate surface area is 179 Å². The molecule has 0 unspecified atom stereocenters. The van der Waals surface area contributed by atoms with Crippen molar-refractivity contribution in [3.63, 3.8) is 0 Å². The molecule has 0 spiro atoms. The van der Waals surface area contributed by atoms with E-state index in [1.807, 2.05) is 55.4 Å². The number of ether oxygens (including phenoxy) is 2. The first-order valence-corrected chi connectivity index (χ1v) is 10.2. The van der Waals surface area contributed by atoms with Crippen molar-refractivity contribution in [3.05, 3.63) is 28.8 Å². The van der Waals surface area contributed by atoms with Crippen molar-refractivity contribution in [1.82, 2.24) is 5.32 Å². The average Bonchev–Trinajstić information content (AvgIpc) is 2.81. The number of benzene rings is 1. The molecule has 8 heteroatoms. The van der Waals surface area contributed by atoms with Crippen molar-refractivity contribution in [2.24, 2.45) is 0 Å². The Morgan fingerprint density at radius 1 is 1.10 bits per heavy atom. The predicted molar refractivity (Wildman–Crippen MR) is 116 cm³/mol. The molecule has 1 aromatic carbocycles. The maximum absolute atomic E-state index is 12.2. The first-order chi connectivity index (χ1) is 13.7. The lowest BCUT2D eigenvalue weighted by Crippen LogP contribution is -2.41. The summed E-state index contributed by atoms with van der Waals surface area (Å²) in [7, 11) is 0.737. The predicted octanol–water partition coefficient (Wildman–Crippen LogP) is 2.51. The maximum Gasteiger partial charge on any atom is 0.495 e. The Hall–Kier alpha value is -1.90. The van der Waals surface area contributed by atoms with E-state index >= 15 is 0 Å². The van der Waals surface area contributed by atoms with Gasteiger partial charge < -0.3 is 24.1 Å². The number of rotatable bonds is 6. The van der Waals surface area contributed by atoms with E-state index in [4.69, 9.17) is 18.8 Å². The number of hydrogen-bond acceptors (Lipinski definition) is 7. The van der Waals surface area contributed by atoms with Gasteiger partial charge >= 0.3 is 19.1 Å². The van der Waals surface area contributed by atoms with Crippen molar-refractivity contribution in [3.8, 4) is 0 Å². The molecule has 2 rings (SSSR count). The molecule has 0 bridgehead atoms. The monoisotopic (exact) mass is 419 g/mol. The first kappa shape index (κ1) is 24.4. The van der Waals surface area contributed by atoms with Gasteiger partial charge in [0.05, 0.1) is 30.4 Å². The summed E-state index contributed by atoms with van der Waals surface area (Å²) in [6.45, 7) is 15.8. The second kappa shape index (κ2) is 8.69. The zero-order valence-electron chi connectivity index (χ0n) is 19.6. The molecule has 0 saturated carbocycles. The Bertz CT molecular complexity index is 797. The quantitative estimate of drug-likeness (QED) is 0.560. The van der Waals surface area contributed by atoms with Crippen molar-refractivity contribution < 1.29 is 28.4 Å². The highest BCUT2D eigenvalue weighted by molar-refractivity contribution is 6.62. The summed E-state index contributed by atoms with van der Waals surface area (Å²) in [5.74, 6) is -0.781. The molecule has 1 fully saturated rings. The van der Waals surface area contributed by atoms with Gasteiger partial charge in [0.25, 0.3) is 0 Å². The summed E-state index contributed by atoms with van der Waals surface area (Å²) in [5, 5.41) is 3.09. The third-order valence-electron chi connectivity index (χ3n) is 5.49. The van der Waals surface area contributed by atoms with E-state index < -0.39 is 29.9 Å². The molecule has 1 saturated heterocycles. The summed E-state index contributed by atoms with van der Waals surface area (Å²) < 4.78 is 22.6. The second-order valence-electron chi connectivity index (χ2n) is 9.62. The van der Waals surface area contributed by atoms with Crippen LogP contribution in [-0.2, 0) is 30.1 Å². The maximum atomic E-state index is 12.2. The number of carbonyl (C=O) groups excluding carboxylic acids is 2. The van der Waals surface area contributed by atoms with Crippen LogP contribution in [0.15, 0.2) is 12.1 Å². The molecular formula is C22H34BNO6. The van der Waals surface area contributed by atoms with E-state index in [0.717, 1.165) is 16.6 Å². The molecule has 1 aliphatic heterocycles. The van der Waals surface area contributed by atoms with E-state index in [9.17, 15) is 9.59 Å². The second-order valence-corrected chi connectivity index (χ2v) is 9.62. The normalized spacial score (nSPS) is 17.7. The highest BCUT2D eigenvalue weighted by Gasteiger charge is 2.52. The summed E-state index contributed by atoms with van der Waals surface area (Å²) in [5.41, 5.74) is 1.42. The van der Waals surface area contributed by atoms with Crippen molar-refractivity contribution >= 4 is 24.5 Å². The fourth-order valence-corrected chi connectivity index (χ4v) is 3.11. The van der Waals surface area contributed by atoms with Crippen LogP contribution in [-0.4, -0.2) is 49.5 Å². The summed E-state index contributed by atoms with van der Waals surface area (Å²) in [6.07, 6.45) is 0. The van der Waals surface area contributed by atoms with Crippen LogP contribution in [0.3, 0.4) is 0 Å². The number of methoxy groups -OCH3 is 1. The van der Waals surface area contributed by atoms with Gasteiger partial charge in [0, 0.05) is 6.54 Å². The van der Waals surface area contributed by atoms with Gasteiger partial charge in [-0.25, -0.2) is 4.79 Å². The SMILES string of the molecule is COC(=O)c1cc(CNCC(=O)OC(C)(C)C)c(C)c(B2OC(C)(C)C(C)(C)O2)c1. The van der Waals surface area contributed by atoms with Gasteiger partial charge in [-0.1, -0.05) is 0 Å². The summed E-state index contributed by atoms with van der Waals surface area (Å²) in [6, 6.07) is 3.51. The van der Waals surface area contributed by atoms with Gasteiger partial charge in [0.15, 0.2) is 0 Å². The molecule has 0 radical (unpaired) electrons.